The fraction of sp³-hybridized carbons (Fsp3) is 0.300. The van der Waals surface area contributed by atoms with Crippen LogP contribution < -0.4 is 4.74 Å². The Morgan fingerprint density at radius 2 is 1.82 bits per heavy atom. The lowest BCUT2D eigenvalue weighted by atomic mass is 10.0. The summed E-state index contributed by atoms with van der Waals surface area (Å²) in [5.41, 5.74) is -1.39. The molecule has 1 aromatic rings. The number of ether oxygens (including phenoxy) is 1. The van der Waals surface area contributed by atoms with Gasteiger partial charge in [0.1, 0.15) is 0 Å². The second-order valence-corrected chi connectivity index (χ2v) is 3.11. The van der Waals surface area contributed by atoms with Gasteiger partial charge in [0, 0.05) is 11.1 Å². The first kappa shape index (κ1) is 13.4. The molecular formula is C10H7F5O2. The third-order valence-electron chi connectivity index (χ3n) is 1.93. The van der Waals surface area contributed by atoms with Gasteiger partial charge in [-0.1, -0.05) is 0 Å². The number of ketones is 1. The highest BCUT2D eigenvalue weighted by Gasteiger charge is 2.21. The van der Waals surface area contributed by atoms with E-state index in [1.54, 1.807) is 0 Å². The molecule has 0 spiro atoms. The summed E-state index contributed by atoms with van der Waals surface area (Å²) in [6, 6.07) is 0.866. The highest BCUT2D eigenvalue weighted by molar-refractivity contribution is 5.96. The molecule has 0 unspecified atom stereocenters. The summed E-state index contributed by atoms with van der Waals surface area (Å²) in [7, 11) is 0. The van der Waals surface area contributed by atoms with Gasteiger partial charge in [-0.3, -0.25) is 4.79 Å². The Balaban J connectivity index is 3.29. The van der Waals surface area contributed by atoms with Gasteiger partial charge in [-0.25, -0.2) is 13.2 Å². The van der Waals surface area contributed by atoms with E-state index >= 15 is 0 Å². The highest BCUT2D eigenvalue weighted by Crippen LogP contribution is 2.30. The van der Waals surface area contributed by atoms with Crippen LogP contribution >= 0.6 is 0 Å². The molecular weight excluding hydrogens is 247 g/mol. The van der Waals surface area contributed by atoms with Gasteiger partial charge in [0.25, 0.3) is 6.43 Å². The van der Waals surface area contributed by atoms with Crippen molar-refractivity contribution < 1.29 is 31.5 Å². The predicted molar refractivity (Wildman–Crippen MR) is 48.0 cm³/mol. The molecule has 7 heteroatoms. The van der Waals surface area contributed by atoms with Gasteiger partial charge < -0.3 is 4.74 Å². The highest BCUT2D eigenvalue weighted by atomic mass is 19.3. The van der Waals surface area contributed by atoms with E-state index in [0.717, 1.165) is 6.92 Å². The number of rotatable bonds is 4. The van der Waals surface area contributed by atoms with E-state index < -0.39 is 41.5 Å². The van der Waals surface area contributed by atoms with E-state index in [4.69, 9.17) is 0 Å². The minimum Gasteiger partial charge on any atom is -0.432 e. The van der Waals surface area contributed by atoms with Crippen LogP contribution in [0, 0.1) is 5.82 Å². The number of hydrogen-bond acceptors (Lipinski definition) is 2. The molecule has 0 saturated heterocycles. The van der Waals surface area contributed by atoms with Crippen LogP contribution in [-0.4, -0.2) is 12.4 Å². The number of carbonyl (C=O) groups excluding carboxylic acids is 1. The van der Waals surface area contributed by atoms with Crippen molar-refractivity contribution in [2.75, 3.05) is 0 Å². The number of halogens is 5. The van der Waals surface area contributed by atoms with Crippen molar-refractivity contribution in [3.8, 4) is 5.75 Å². The maximum absolute atomic E-state index is 13.1. The molecule has 94 valence electrons. The van der Waals surface area contributed by atoms with Gasteiger partial charge in [-0.2, -0.15) is 8.78 Å². The third-order valence-corrected chi connectivity index (χ3v) is 1.93. The quantitative estimate of drug-likeness (QED) is 0.606. The van der Waals surface area contributed by atoms with Gasteiger partial charge in [0.15, 0.2) is 17.3 Å². The summed E-state index contributed by atoms with van der Waals surface area (Å²) in [6.45, 7) is -2.34. The van der Waals surface area contributed by atoms with Crippen molar-refractivity contribution in [2.45, 2.75) is 20.0 Å². The summed E-state index contributed by atoms with van der Waals surface area (Å²) in [5, 5.41) is 0. The average Bonchev–Trinajstić information content (AvgIpc) is 2.19. The van der Waals surface area contributed by atoms with Crippen LogP contribution in [-0.2, 0) is 0 Å². The van der Waals surface area contributed by atoms with E-state index in [9.17, 15) is 26.7 Å². The molecule has 0 atom stereocenters. The van der Waals surface area contributed by atoms with E-state index in [1.165, 1.54) is 0 Å². The molecule has 0 fully saturated rings. The average molecular weight is 254 g/mol. The molecule has 0 aromatic heterocycles. The van der Waals surface area contributed by atoms with Gasteiger partial charge in [-0.05, 0) is 19.1 Å². The summed E-state index contributed by atoms with van der Waals surface area (Å²) < 4.78 is 65.5. The molecule has 0 radical (unpaired) electrons. The summed E-state index contributed by atoms with van der Waals surface area (Å²) in [5.74, 6) is -3.10. The van der Waals surface area contributed by atoms with Crippen molar-refractivity contribution in [1.29, 1.82) is 0 Å². The minimum absolute atomic E-state index is 0.319. The zero-order valence-electron chi connectivity index (χ0n) is 8.52. The van der Waals surface area contributed by atoms with Crippen LogP contribution in [0.1, 0.15) is 29.3 Å². The molecule has 0 aliphatic carbocycles. The first-order valence-electron chi connectivity index (χ1n) is 4.40. The van der Waals surface area contributed by atoms with Gasteiger partial charge in [0.2, 0.25) is 0 Å². The Hall–Kier alpha value is -1.66. The minimum atomic E-state index is -3.30. The molecule has 0 amide bonds. The molecule has 0 N–H and O–H groups in total. The first-order chi connectivity index (χ1) is 7.82. The number of alkyl halides is 4. The Labute approximate surface area is 93.0 Å². The molecule has 0 aliphatic heterocycles. The second-order valence-electron chi connectivity index (χ2n) is 3.11. The fourth-order valence-electron chi connectivity index (χ4n) is 1.24. The Bertz CT molecular complexity index is 431. The third kappa shape index (κ3) is 3.15. The van der Waals surface area contributed by atoms with E-state index in [2.05, 4.69) is 4.74 Å². The molecule has 17 heavy (non-hydrogen) atoms. The first-order valence-corrected chi connectivity index (χ1v) is 4.40. The molecule has 1 aromatic carbocycles. The van der Waals surface area contributed by atoms with Crippen LogP contribution in [0.5, 0.6) is 5.75 Å². The summed E-state index contributed by atoms with van der Waals surface area (Å²) in [6.07, 6.45) is -3.08. The zero-order valence-corrected chi connectivity index (χ0v) is 8.52. The lowest BCUT2D eigenvalue weighted by Crippen LogP contribution is -2.07. The van der Waals surface area contributed by atoms with E-state index in [-0.39, 0.29) is 0 Å². The molecule has 0 aliphatic rings. The lowest BCUT2D eigenvalue weighted by Gasteiger charge is -2.11. The number of Topliss-reactive ketones (excluding diaryl/α,β-unsaturated/α-hetero) is 1. The van der Waals surface area contributed by atoms with Crippen LogP contribution in [0.2, 0.25) is 0 Å². The molecule has 0 heterocycles. The molecule has 0 saturated carbocycles. The number of carbonyl (C=O) groups is 1. The van der Waals surface area contributed by atoms with E-state index in [0.29, 0.717) is 12.1 Å². The van der Waals surface area contributed by atoms with Crippen molar-refractivity contribution in [3.05, 3.63) is 29.1 Å². The van der Waals surface area contributed by atoms with Gasteiger partial charge in [-0.15, -0.1) is 0 Å². The van der Waals surface area contributed by atoms with Crippen molar-refractivity contribution in [3.63, 3.8) is 0 Å². The van der Waals surface area contributed by atoms with E-state index in [1.807, 2.05) is 0 Å². The zero-order chi connectivity index (χ0) is 13.2. The van der Waals surface area contributed by atoms with Crippen molar-refractivity contribution in [2.24, 2.45) is 0 Å². The maximum atomic E-state index is 13.1. The van der Waals surface area contributed by atoms with Crippen molar-refractivity contribution in [1.82, 2.24) is 0 Å². The van der Waals surface area contributed by atoms with Crippen LogP contribution in [0.4, 0.5) is 22.0 Å². The molecule has 0 bridgehead atoms. The smallest absolute Gasteiger partial charge is 0.387 e. The van der Waals surface area contributed by atoms with Gasteiger partial charge >= 0.3 is 6.61 Å². The standard InChI is InChI=1S/C10H7F5O2/c1-4(16)5-3-8(17-10(14)15)7(11)2-6(5)9(12)13/h2-3,9-10H,1H3. The Morgan fingerprint density at radius 3 is 2.24 bits per heavy atom. The maximum Gasteiger partial charge on any atom is 0.387 e. The monoisotopic (exact) mass is 254 g/mol. The topological polar surface area (TPSA) is 26.3 Å². The number of benzene rings is 1. The largest absolute Gasteiger partial charge is 0.432 e. The SMILES string of the molecule is CC(=O)c1cc(OC(F)F)c(F)cc1C(F)F. The predicted octanol–water partition coefficient (Wildman–Crippen LogP) is 3.57. The van der Waals surface area contributed by atoms with Crippen LogP contribution in [0.15, 0.2) is 12.1 Å². The molecule has 2 nitrogen and oxygen atoms in total. The van der Waals surface area contributed by atoms with Gasteiger partial charge in [0.05, 0.1) is 0 Å². The summed E-state index contributed by atoms with van der Waals surface area (Å²) >= 11 is 0. The molecule has 1 rings (SSSR count). The Morgan fingerprint density at radius 1 is 1.24 bits per heavy atom. The second kappa shape index (κ2) is 5.11. The number of hydrogen-bond donors (Lipinski definition) is 0. The van der Waals surface area contributed by atoms with Crippen LogP contribution in [0.25, 0.3) is 0 Å². The fourth-order valence-corrected chi connectivity index (χ4v) is 1.24. The van der Waals surface area contributed by atoms with Crippen molar-refractivity contribution >= 4 is 5.78 Å². The normalized spacial score (nSPS) is 11.1. The lowest BCUT2D eigenvalue weighted by molar-refractivity contribution is -0.0522. The van der Waals surface area contributed by atoms with Crippen LogP contribution in [0.3, 0.4) is 0 Å². The summed E-state index contributed by atoms with van der Waals surface area (Å²) in [4.78, 5) is 11.0. The Kier molecular flexibility index (Phi) is 4.03.